The average Bonchev–Trinajstić information content (AvgIpc) is 2.26. The minimum Gasteiger partial charge on any atom is -0.507 e. The van der Waals surface area contributed by atoms with E-state index in [1.54, 1.807) is 0 Å². The largest absolute Gasteiger partial charge is 0.507 e. The molecule has 0 fully saturated rings. The van der Waals surface area contributed by atoms with E-state index >= 15 is 0 Å². The Morgan fingerprint density at radius 1 is 1.11 bits per heavy atom. The van der Waals surface area contributed by atoms with Crippen LogP contribution >= 0.6 is 11.6 Å². The third-order valence-electron chi connectivity index (χ3n) is 2.32. The highest BCUT2D eigenvalue weighted by atomic mass is 35.5. The van der Waals surface area contributed by atoms with Crippen molar-refractivity contribution < 1.29 is 18.7 Å². The molecule has 3 nitrogen and oxygen atoms in total. The molecule has 2 aromatic carbocycles. The second-order valence-electron chi connectivity index (χ2n) is 3.77. The van der Waals surface area contributed by atoms with Crippen LogP contribution in [0.2, 0.25) is 5.02 Å². The Balaban J connectivity index is 2.25. The predicted molar refractivity (Wildman–Crippen MR) is 67.4 cm³/mol. The maximum atomic E-state index is 13.0. The van der Waals surface area contributed by atoms with Crippen molar-refractivity contribution in [3.8, 4) is 5.75 Å². The number of halogens is 3. The van der Waals surface area contributed by atoms with Crippen LogP contribution in [-0.4, -0.2) is 11.0 Å². The Morgan fingerprint density at radius 3 is 2.32 bits per heavy atom. The summed E-state index contributed by atoms with van der Waals surface area (Å²) in [6.07, 6.45) is 0. The molecule has 6 heteroatoms. The van der Waals surface area contributed by atoms with Crippen LogP contribution < -0.4 is 5.32 Å². The smallest absolute Gasteiger partial charge is 0.259 e. The molecule has 2 rings (SSSR count). The molecule has 0 saturated heterocycles. The summed E-state index contributed by atoms with van der Waals surface area (Å²) < 4.78 is 25.9. The molecule has 19 heavy (non-hydrogen) atoms. The highest BCUT2D eigenvalue weighted by Crippen LogP contribution is 2.23. The van der Waals surface area contributed by atoms with E-state index in [4.69, 9.17) is 11.6 Å². The van der Waals surface area contributed by atoms with Gasteiger partial charge in [-0.2, -0.15) is 0 Å². The van der Waals surface area contributed by atoms with E-state index in [1.807, 2.05) is 0 Å². The van der Waals surface area contributed by atoms with Gasteiger partial charge in [0.1, 0.15) is 17.4 Å². The molecule has 0 aromatic heterocycles. The fourth-order valence-electron chi connectivity index (χ4n) is 1.52. The van der Waals surface area contributed by atoms with E-state index < -0.39 is 17.5 Å². The Kier molecular flexibility index (Phi) is 3.66. The third kappa shape index (κ3) is 3.20. The molecule has 0 saturated carbocycles. The van der Waals surface area contributed by atoms with Crippen LogP contribution in [-0.2, 0) is 0 Å². The van der Waals surface area contributed by atoms with Crippen LogP contribution in [0, 0.1) is 11.6 Å². The molecule has 98 valence electrons. The molecule has 0 bridgehead atoms. The van der Waals surface area contributed by atoms with Crippen molar-refractivity contribution in [2.75, 3.05) is 5.32 Å². The van der Waals surface area contributed by atoms with Gasteiger partial charge in [-0.1, -0.05) is 11.6 Å². The van der Waals surface area contributed by atoms with Crippen LogP contribution in [0.25, 0.3) is 0 Å². The van der Waals surface area contributed by atoms with Gasteiger partial charge in [-0.05, 0) is 30.3 Å². The van der Waals surface area contributed by atoms with E-state index in [-0.39, 0.29) is 22.0 Å². The second kappa shape index (κ2) is 5.24. The molecule has 0 atom stereocenters. The number of hydrogen-bond acceptors (Lipinski definition) is 2. The SMILES string of the molecule is O=C(Nc1cc(F)cc(F)c1)c1ccc(Cl)cc1O. The maximum Gasteiger partial charge on any atom is 0.259 e. The van der Waals surface area contributed by atoms with E-state index in [2.05, 4.69) is 5.32 Å². The minimum absolute atomic E-state index is 0.0446. The lowest BCUT2D eigenvalue weighted by atomic mass is 10.2. The summed E-state index contributed by atoms with van der Waals surface area (Å²) in [5.74, 6) is -2.63. The van der Waals surface area contributed by atoms with Crippen LogP contribution in [0.3, 0.4) is 0 Å². The van der Waals surface area contributed by atoms with Gasteiger partial charge in [0, 0.05) is 16.8 Å². The van der Waals surface area contributed by atoms with Crippen LogP contribution in [0.15, 0.2) is 36.4 Å². The van der Waals surface area contributed by atoms with E-state index in [0.29, 0.717) is 6.07 Å². The van der Waals surface area contributed by atoms with Crippen molar-refractivity contribution in [3.63, 3.8) is 0 Å². The molecule has 0 radical (unpaired) electrons. The van der Waals surface area contributed by atoms with Crippen molar-refractivity contribution in [3.05, 3.63) is 58.6 Å². The van der Waals surface area contributed by atoms with Crippen LogP contribution in [0.1, 0.15) is 10.4 Å². The van der Waals surface area contributed by atoms with Crippen molar-refractivity contribution in [2.45, 2.75) is 0 Å². The molecular formula is C13H8ClF2NO2. The number of carbonyl (C=O) groups is 1. The molecule has 1 amide bonds. The van der Waals surface area contributed by atoms with E-state index in [0.717, 1.165) is 12.1 Å². The summed E-state index contributed by atoms with van der Waals surface area (Å²) in [5.41, 5.74) is -0.0917. The number of anilines is 1. The molecule has 0 aliphatic heterocycles. The molecule has 2 N–H and O–H groups in total. The monoisotopic (exact) mass is 283 g/mol. The van der Waals surface area contributed by atoms with Gasteiger partial charge in [-0.3, -0.25) is 4.79 Å². The van der Waals surface area contributed by atoms with Gasteiger partial charge in [0.15, 0.2) is 0 Å². The Labute approximate surface area is 112 Å². The van der Waals surface area contributed by atoms with Gasteiger partial charge >= 0.3 is 0 Å². The number of phenols is 1. The summed E-state index contributed by atoms with van der Waals surface area (Å²) >= 11 is 5.63. The lowest BCUT2D eigenvalue weighted by Gasteiger charge is -2.07. The zero-order valence-electron chi connectivity index (χ0n) is 9.45. The molecular weight excluding hydrogens is 276 g/mol. The Hall–Kier alpha value is -2.14. The second-order valence-corrected chi connectivity index (χ2v) is 4.21. The van der Waals surface area contributed by atoms with Gasteiger partial charge in [0.2, 0.25) is 0 Å². The average molecular weight is 284 g/mol. The van der Waals surface area contributed by atoms with Crippen LogP contribution in [0.4, 0.5) is 14.5 Å². The van der Waals surface area contributed by atoms with E-state index in [1.165, 1.54) is 18.2 Å². The number of carbonyl (C=O) groups excluding carboxylic acids is 1. The number of nitrogens with one attached hydrogen (secondary N) is 1. The molecule has 2 aromatic rings. The summed E-state index contributed by atoms with van der Waals surface area (Å²) in [4.78, 5) is 11.8. The fraction of sp³-hybridized carbons (Fsp3) is 0. The standard InChI is InChI=1S/C13H8ClF2NO2/c14-7-1-2-11(12(18)3-7)13(19)17-10-5-8(15)4-9(16)6-10/h1-6,18H,(H,17,19). The molecule has 0 aliphatic rings. The summed E-state index contributed by atoms with van der Waals surface area (Å²) in [7, 11) is 0. The molecule has 0 spiro atoms. The first kappa shape index (κ1) is 13.3. The number of hydrogen-bond donors (Lipinski definition) is 2. The maximum absolute atomic E-state index is 13.0. The lowest BCUT2D eigenvalue weighted by molar-refractivity contribution is 0.102. The molecule has 0 aliphatic carbocycles. The van der Waals surface area contributed by atoms with Gasteiger partial charge in [0.25, 0.3) is 5.91 Å². The van der Waals surface area contributed by atoms with Crippen LogP contribution in [0.5, 0.6) is 5.75 Å². The first-order valence-corrected chi connectivity index (χ1v) is 5.59. The van der Waals surface area contributed by atoms with Crippen molar-refractivity contribution in [2.24, 2.45) is 0 Å². The highest BCUT2D eigenvalue weighted by molar-refractivity contribution is 6.30. The molecule has 0 unspecified atom stereocenters. The molecule has 0 heterocycles. The number of rotatable bonds is 2. The third-order valence-corrected chi connectivity index (χ3v) is 2.56. The number of phenolic OH excluding ortho intramolecular Hbond substituents is 1. The number of amides is 1. The van der Waals surface area contributed by atoms with Gasteiger partial charge in [-0.15, -0.1) is 0 Å². The van der Waals surface area contributed by atoms with Crippen molar-refractivity contribution >= 4 is 23.2 Å². The minimum atomic E-state index is -0.810. The summed E-state index contributed by atoms with van der Waals surface area (Å²) in [5, 5.41) is 12.1. The van der Waals surface area contributed by atoms with E-state index in [9.17, 15) is 18.7 Å². The quantitative estimate of drug-likeness (QED) is 0.885. The Bertz CT molecular complexity index is 626. The number of benzene rings is 2. The topological polar surface area (TPSA) is 49.3 Å². The number of aromatic hydroxyl groups is 1. The zero-order valence-corrected chi connectivity index (χ0v) is 10.2. The lowest BCUT2D eigenvalue weighted by Crippen LogP contribution is -2.12. The summed E-state index contributed by atoms with van der Waals surface area (Å²) in [6.45, 7) is 0. The van der Waals surface area contributed by atoms with Crippen molar-refractivity contribution in [1.29, 1.82) is 0 Å². The first-order valence-electron chi connectivity index (χ1n) is 5.21. The fourth-order valence-corrected chi connectivity index (χ4v) is 1.69. The Morgan fingerprint density at radius 2 is 1.74 bits per heavy atom. The first-order chi connectivity index (χ1) is 8.95. The van der Waals surface area contributed by atoms with Gasteiger partial charge in [0.05, 0.1) is 5.56 Å². The van der Waals surface area contributed by atoms with Crippen molar-refractivity contribution in [1.82, 2.24) is 0 Å². The zero-order chi connectivity index (χ0) is 14.0. The highest BCUT2D eigenvalue weighted by Gasteiger charge is 2.12. The van der Waals surface area contributed by atoms with Gasteiger partial charge < -0.3 is 10.4 Å². The predicted octanol–water partition coefficient (Wildman–Crippen LogP) is 3.58. The summed E-state index contributed by atoms with van der Waals surface area (Å²) in [6, 6.07) is 6.55. The normalized spacial score (nSPS) is 10.3. The van der Waals surface area contributed by atoms with Gasteiger partial charge in [-0.25, -0.2) is 8.78 Å².